The second-order valence-corrected chi connectivity index (χ2v) is 6.16. The second kappa shape index (κ2) is 3.50. The molecule has 0 aliphatic heterocycles. The van der Waals surface area contributed by atoms with E-state index in [2.05, 4.69) is 25.6 Å². The number of hydrogen-bond donors (Lipinski definition) is 1. The van der Waals surface area contributed by atoms with Gasteiger partial charge < -0.3 is 0 Å². The Morgan fingerprint density at radius 3 is 2.71 bits per heavy atom. The maximum absolute atomic E-state index is 11.4. The van der Waals surface area contributed by atoms with Crippen LogP contribution in [0.2, 0.25) is 0 Å². The Balaban J connectivity index is 2.21. The smallest absolute Gasteiger partial charge is 0.292 e. The molecule has 1 N–H and O–H groups in total. The average molecular weight is 275 g/mol. The van der Waals surface area contributed by atoms with Crippen LogP contribution in [0, 0.1) is 0 Å². The molecule has 0 atom stereocenters. The molecule has 0 spiro atoms. The zero-order chi connectivity index (χ0) is 12.0. The lowest BCUT2D eigenvalue weighted by Gasteiger charge is -2.04. The Hall–Kier alpha value is -1.48. The van der Waals surface area contributed by atoms with Gasteiger partial charge in [-0.3, -0.25) is 4.57 Å². The van der Waals surface area contributed by atoms with Crippen molar-refractivity contribution in [1.82, 2.24) is 30.2 Å². The number of nitrogens with one attached hydrogen (secondary N) is 1. The van der Waals surface area contributed by atoms with Gasteiger partial charge in [-0.05, 0) is 12.8 Å². The van der Waals surface area contributed by atoms with Crippen LogP contribution in [0.4, 0.5) is 0 Å². The van der Waals surface area contributed by atoms with Gasteiger partial charge in [0.25, 0.3) is 14.2 Å². The molecule has 1 fully saturated rings. The van der Waals surface area contributed by atoms with Crippen molar-refractivity contribution >= 4 is 19.7 Å². The van der Waals surface area contributed by atoms with E-state index >= 15 is 0 Å². The van der Waals surface area contributed by atoms with E-state index in [0.29, 0.717) is 11.5 Å². The van der Waals surface area contributed by atoms with Crippen molar-refractivity contribution in [2.45, 2.75) is 24.0 Å². The summed E-state index contributed by atoms with van der Waals surface area (Å²) in [5, 5.41) is 17.1. The van der Waals surface area contributed by atoms with Crippen LogP contribution < -0.4 is 0 Å². The van der Waals surface area contributed by atoms with Gasteiger partial charge >= 0.3 is 0 Å². The van der Waals surface area contributed by atoms with Crippen LogP contribution in [0.1, 0.15) is 18.9 Å². The number of hydrogen-bond acceptors (Lipinski definition) is 6. The Morgan fingerprint density at radius 2 is 2.18 bits per heavy atom. The molecule has 0 saturated heterocycles. The van der Waals surface area contributed by atoms with Crippen molar-refractivity contribution in [3.8, 4) is 11.5 Å². The van der Waals surface area contributed by atoms with Crippen molar-refractivity contribution in [1.29, 1.82) is 0 Å². The molecule has 8 nitrogen and oxygen atoms in total. The Morgan fingerprint density at radius 1 is 1.41 bits per heavy atom. The summed E-state index contributed by atoms with van der Waals surface area (Å²) in [6, 6.07) is 0.0697. The van der Waals surface area contributed by atoms with E-state index in [-0.39, 0.29) is 11.2 Å². The molecule has 1 saturated carbocycles. The summed E-state index contributed by atoms with van der Waals surface area (Å²) in [4.78, 5) is 0. The van der Waals surface area contributed by atoms with Crippen molar-refractivity contribution in [2.75, 3.05) is 0 Å². The van der Waals surface area contributed by atoms with Gasteiger partial charge in [0, 0.05) is 16.7 Å². The van der Waals surface area contributed by atoms with Gasteiger partial charge in [-0.25, -0.2) is 8.42 Å². The first-order valence-electron chi connectivity index (χ1n) is 4.83. The standard InChI is InChI=1S/C7H7ClN6O2S/c8-17(15,16)7-12-11-6(5-3-9-13-10-5)14(7)4-1-2-4/h3-4H,1-2H2,(H,9,10,13). The van der Waals surface area contributed by atoms with E-state index in [1.165, 1.54) is 10.8 Å². The predicted octanol–water partition coefficient (Wildman–Crippen LogP) is 0.326. The van der Waals surface area contributed by atoms with E-state index in [4.69, 9.17) is 10.7 Å². The highest BCUT2D eigenvalue weighted by molar-refractivity contribution is 8.13. The highest BCUT2D eigenvalue weighted by Gasteiger charge is 2.34. The molecule has 1 aliphatic carbocycles. The molecule has 0 unspecified atom stereocenters. The molecular weight excluding hydrogens is 268 g/mol. The molecule has 90 valence electrons. The monoisotopic (exact) mass is 274 g/mol. The fourth-order valence-electron chi connectivity index (χ4n) is 1.59. The molecule has 2 aromatic rings. The predicted molar refractivity (Wildman–Crippen MR) is 56.7 cm³/mol. The molecule has 0 radical (unpaired) electrons. The quantitative estimate of drug-likeness (QED) is 0.808. The van der Waals surface area contributed by atoms with Crippen molar-refractivity contribution in [2.24, 2.45) is 0 Å². The van der Waals surface area contributed by atoms with Crippen LogP contribution in [0.3, 0.4) is 0 Å². The first kappa shape index (κ1) is 10.7. The maximum atomic E-state index is 11.4. The third kappa shape index (κ3) is 1.80. The Labute approximate surface area is 100 Å². The van der Waals surface area contributed by atoms with Crippen LogP contribution >= 0.6 is 10.7 Å². The fraction of sp³-hybridized carbons (Fsp3) is 0.429. The zero-order valence-electron chi connectivity index (χ0n) is 8.41. The molecule has 0 bridgehead atoms. The number of aromatic nitrogens is 6. The number of nitrogens with zero attached hydrogens (tertiary/aromatic N) is 5. The van der Waals surface area contributed by atoms with E-state index < -0.39 is 9.05 Å². The van der Waals surface area contributed by atoms with Crippen LogP contribution in [0.15, 0.2) is 11.4 Å². The Bertz CT molecular complexity index is 644. The fourth-order valence-corrected chi connectivity index (χ4v) is 2.51. The van der Waals surface area contributed by atoms with Gasteiger partial charge in [0.15, 0.2) is 5.82 Å². The largest absolute Gasteiger partial charge is 0.296 e. The first-order chi connectivity index (χ1) is 8.07. The van der Waals surface area contributed by atoms with Gasteiger partial charge in [0.1, 0.15) is 5.69 Å². The van der Waals surface area contributed by atoms with Gasteiger partial charge in [-0.15, -0.1) is 10.2 Å². The topological polar surface area (TPSA) is 106 Å². The summed E-state index contributed by atoms with van der Waals surface area (Å²) >= 11 is 0. The molecule has 17 heavy (non-hydrogen) atoms. The van der Waals surface area contributed by atoms with Crippen molar-refractivity contribution < 1.29 is 8.42 Å². The van der Waals surface area contributed by atoms with Gasteiger partial charge in [0.05, 0.1) is 6.20 Å². The molecule has 10 heteroatoms. The van der Waals surface area contributed by atoms with Gasteiger partial charge in [-0.1, -0.05) is 0 Å². The molecule has 0 aromatic carbocycles. The average Bonchev–Trinajstić information content (AvgIpc) is 2.81. The number of rotatable bonds is 3. The molecule has 0 amide bonds. The molecular formula is C7H7ClN6O2S. The summed E-state index contributed by atoms with van der Waals surface area (Å²) in [6.45, 7) is 0. The lowest BCUT2D eigenvalue weighted by molar-refractivity contribution is 0.579. The number of aromatic amines is 1. The highest BCUT2D eigenvalue weighted by Crippen LogP contribution is 2.39. The minimum absolute atomic E-state index is 0.0697. The van der Waals surface area contributed by atoms with Gasteiger partial charge in [-0.2, -0.15) is 15.4 Å². The maximum Gasteiger partial charge on any atom is 0.296 e. The molecule has 2 aromatic heterocycles. The first-order valence-corrected chi connectivity index (χ1v) is 7.14. The van der Waals surface area contributed by atoms with Crippen molar-refractivity contribution in [3.63, 3.8) is 0 Å². The molecule has 3 rings (SSSR count). The van der Waals surface area contributed by atoms with Crippen LogP contribution in [-0.4, -0.2) is 38.6 Å². The summed E-state index contributed by atoms with van der Waals surface area (Å²) in [5.74, 6) is 0.362. The van der Waals surface area contributed by atoms with Crippen LogP contribution in [0.25, 0.3) is 11.5 Å². The van der Waals surface area contributed by atoms with Crippen LogP contribution in [0.5, 0.6) is 0 Å². The van der Waals surface area contributed by atoms with Crippen molar-refractivity contribution in [3.05, 3.63) is 6.20 Å². The Kier molecular flexibility index (Phi) is 2.20. The normalized spacial score (nSPS) is 16.3. The summed E-state index contributed by atoms with van der Waals surface area (Å²) < 4.78 is 24.2. The number of halogens is 1. The SMILES string of the molecule is O=S(=O)(Cl)c1nnc(-c2cn[nH]n2)n1C1CC1. The second-order valence-electron chi connectivity index (χ2n) is 3.70. The highest BCUT2D eigenvalue weighted by atomic mass is 35.7. The zero-order valence-corrected chi connectivity index (χ0v) is 9.98. The van der Waals surface area contributed by atoms with E-state index in [0.717, 1.165) is 12.8 Å². The summed E-state index contributed by atoms with van der Waals surface area (Å²) in [5.41, 5.74) is 0.441. The summed E-state index contributed by atoms with van der Waals surface area (Å²) in [7, 11) is 1.41. The van der Waals surface area contributed by atoms with E-state index in [9.17, 15) is 8.42 Å². The van der Waals surface area contributed by atoms with E-state index in [1.807, 2.05) is 0 Å². The third-order valence-corrected chi connectivity index (χ3v) is 3.57. The number of H-pyrrole nitrogens is 1. The minimum atomic E-state index is -3.91. The van der Waals surface area contributed by atoms with Crippen LogP contribution in [-0.2, 0) is 9.05 Å². The minimum Gasteiger partial charge on any atom is -0.292 e. The lowest BCUT2D eigenvalue weighted by Crippen LogP contribution is -2.06. The van der Waals surface area contributed by atoms with E-state index in [1.54, 1.807) is 0 Å². The third-order valence-electron chi connectivity index (χ3n) is 2.44. The molecule has 2 heterocycles. The lowest BCUT2D eigenvalue weighted by atomic mass is 10.4. The molecule has 1 aliphatic rings. The summed E-state index contributed by atoms with van der Waals surface area (Å²) in [6.07, 6.45) is 3.21. The van der Waals surface area contributed by atoms with Gasteiger partial charge in [0.2, 0.25) is 0 Å².